The van der Waals surface area contributed by atoms with Crippen molar-refractivity contribution in [3.05, 3.63) is 42.0 Å². The number of hydrogen-bond acceptors (Lipinski definition) is 4. The third-order valence-electron chi connectivity index (χ3n) is 1.40. The average molecular weight is 228 g/mol. The first-order valence-corrected chi connectivity index (χ1v) is 5.28. The van der Waals surface area contributed by atoms with Gasteiger partial charge < -0.3 is 4.18 Å². The number of carbonyl (C=O) groups excluding carboxylic acids is 1. The van der Waals surface area contributed by atoms with Crippen LogP contribution in [0.3, 0.4) is 0 Å². The Bertz CT molecular complexity index is 461. The Morgan fingerprint density at radius 2 is 1.87 bits per heavy atom. The summed E-state index contributed by atoms with van der Waals surface area (Å²) in [5.74, 6) is -1.15. The standard InChI is InChI=1S/C9H8O5S/c10-9(14-15(11,12)13)7-6-8-4-2-1-3-5-8/h1-7H,(H,11,12,13). The highest BCUT2D eigenvalue weighted by Crippen LogP contribution is 2.01. The van der Waals surface area contributed by atoms with E-state index >= 15 is 0 Å². The SMILES string of the molecule is O=C(C=Cc1ccccc1)OS(=O)(=O)O. The van der Waals surface area contributed by atoms with Crippen LogP contribution >= 0.6 is 0 Å². The minimum atomic E-state index is -4.73. The van der Waals surface area contributed by atoms with Crippen LogP contribution in [0.5, 0.6) is 0 Å². The van der Waals surface area contributed by atoms with Crippen LogP contribution in [0.1, 0.15) is 5.56 Å². The Morgan fingerprint density at radius 1 is 1.27 bits per heavy atom. The summed E-state index contributed by atoms with van der Waals surface area (Å²) >= 11 is 0. The molecule has 0 aliphatic heterocycles. The third kappa shape index (κ3) is 4.94. The lowest BCUT2D eigenvalue weighted by Gasteiger charge is -1.94. The van der Waals surface area contributed by atoms with Crippen molar-refractivity contribution in [3.63, 3.8) is 0 Å². The van der Waals surface area contributed by atoms with Crippen LogP contribution in [0.25, 0.3) is 6.08 Å². The molecule has 0 radical (unpaired) electrons. The van der Waals surface area contributed by atoms with Gasteiger partial charge in [-0.3, -0.25) is 4.55 Å². The third-order valence-corrected chi connectivity index (χ3v) is 1.77. The molecule has 1 N–H and O–H groups in total. The zero-order valence-corrected chi connectivity index (χ0v) is 8.35. The van der Waals surface area contributed by atoms with E-state index in [0.29, 0.717) is 5.56 Å². The Labute approximate surface area is 86.9 Å². The Morgan fingerprint density at radius 3 is 2.40 bits per heavy atom. The summed E-state index contributed by atoms with van der Waals surface area (Å²) in [5.41, 5.74) is 0.713. The molecular formula is C9H8O5S. The maximum Gasteiger partial charge on any atom is 0.449 e. The van der Waals surface area contributed by atoms with E-state index in [9.17, 15) is 13.2 Å². The molecule has 1 rings (SSSR count). The fourth-order valence-corrected chi connectivity index (χ4v) is 1.12. The van der Waals surface area contributed by atoms with Gasteiger partial charge in [-0.25, -0.2) is 4.79 Å². The molecule has 0 saturated carbocycles. The molecule has 0 heterocycles. The molecule has 6 heteroatoms. The molecule has 0 bridgehead atoms. The van der Waals surface area contributed by atoms with Gasteiger partial charge in [-0.15, -0.1) is 0 Å². The van der Waals surface area contributed by atoms with Gasteiger partial charge in [-0.05, 0) is 11.6 Å². The molecule has 1 aromatic rings. The molecule has 0 aliphatic rings. The van der Waals surface area contributed by atoms with E-state index in [2.05, 4.69) is 4.18 Å². The molecule has 0 fully saturated rings. The second kappa shape index (κ2) is 4.72. The first-order chi connectivity index (χ1) is 6.97. The molecule has 5 nitrogen and oxygen atoms in total. The molecule has 0 saturated heterocycles. The molecule has 0 atom stereocenters. The van der Waals surface area contributed by atoms with E-state index in [4.69, 9.17) is 4.55 Å². The van der Waals surface area contributed by atoms with Crippen molar-refractivity contribution in [3.8, 4) is 0 Å². The number of rotatable bonds is 3. The van der Waals surface area contributed by atoms with Crippen molar-refractivity contribution < 1.29 is 21.9 Å². The van der Waals surface area contributed by atoms with Gasteiger partial charge in [0.1, 0.15) is 0 Å². The zero-order valence-electron chi connectivity index (χ0n) is 7.53. The lowest BCUT2D eigenvalue weighted by atomic mass is 10.2. The Balaban J connectivity index is 2.64. The van der Waals surface area contributed by atoms with Gasteiger partial charge >= 0.3 is 16.4 Å². The monoisotopic (exact) mass is 228 g/mol. The van der Waals surface area contributed by atoms with Gasteiger partial charge in [0.2, 0.25) is 0 Å². The van der Waals surface area contributed by atoms with Crippen LogP contribution < -0.4 is 0 Å². The fourth-order valence-electron chi connectivity index (χ4n) is 0.860. The second-order valence-corrected chi connectivity index (χ2v) is 3.60. The molecule has 15 heavy (non-hydrogen) atoms. The molecule has 80 valence electrons. The molecule has 0 aliphatic carbocycles. The highest BCUT2D eigenvalue weighted by atomic mass is 32.3. The lowest BCUT2D eigenvalue weighted by Crippen LogP contribution is -2.08. The first kappa shape index (κ1) is 11.4. The van der Waals surface area contributed by atoms with Crippen LogP contribution in [0.15, 0.2) is 36.4 Å². The summed E-state index contributed by atoms with van der Waals surface area (Å²) in [6.07, 6.45) is 2.27. The van der Waals surface area contributed by atoms with Gasteiger partial charge in [-0.1, -0.05) is 30.3 Å². The quantitative estimate of drug-likeness (QED) is 0.617. The maximum atomic E-state index is 10.8. The summed E-state index contributed by atoms with van der Waals surface area (Å²) in [6.45, 7) is 0. The van der Waals surface area contributed by atoms with Crippen LogP contribution in [-0.2, 0) is 19.4 Å². The minimum absolute atomic E-state index is 0.713. The van der Waals surface area contributed by atoms with Gasteiger partial charge in [0, 0.05) is 6.08 Å². The largest absolute Gasteiger partial charge is 0.449 e. The van der Waals surface area contributed by atoms with Crippen LogP contribution in [-0.4, -0.2) is 18.9 Å². The van der Waals surface area contributed by atoms with Crippen molar-refractivity contribution in [1.82, 2.24) is 0 Å². The van der Waals surface area contributed by atoms with Gasteiger partial charge in [0.25, 0.3) is 0 Å². The van der Waals surface area contributed by atoms with E-state index in [-0.39, 0.29) is 0 Å². The van der Waals surface area contributed by atoms with Crippen molar-refractivity contribution in [2.45, 2.75) is 0 Å². The summed E-state index contributed by atoms with van der Waals surface area (Å²) in [5, 5.41) is 0. The zero-order chi connectivity index (χ0) is 11.3. The summed E-state index contributed by atoms with van der Waals surface area (Å²) in [7, 11) is -4.73. The molecule has 0 amide bonds. The normalized spacial score (nSPS) is 11.5. The van der Waals surface area contributed by atoms with E-state index in [1.807, 2.05) is 0 Å². The van der Waals surface area contributed by atoms with E-state index < -0.39 is 16.4 Å². The second-order valence-electron chi connectivity index (χ2n) is 2.57. The lowest BCUT2D eigenvalue weighted by molar-refractivity contribution is -0.128. The Hall–Kier alpha value is -1.66. The van der Waals surface area contributed by atoms with Crippen LogP contribution in [0, 0.1) is 0 Å². The molecule has 1 aromatic carbocycles. The van der Waals surface area contributed by atoms with E-state index in [1.165, 1.54) is 6.08 Å². The van der Waals surface area contributed by atoms with Gasteiger partial charge in [0.15, 0.2) is 0 Å². The summed E-state index contributed by atoms with van der Waals surface area (Å²) in [6, 6.07) is 8.75. The highest BCUT2D eigenvalue weighted by molar-refractivity contribution is 7.81. The van der Waals surface area contributed by atoms with Crippen molar-refractivity contribution in [1.29, 1.82) is 0 Å². The fraction of sp³-hybridized carbons (Fsp3) is 0. The number of benzene rings is 1. The van der Waals surface area contributed by atoms with E-state index in [1.54, 1.807) is 30.3 Å². The summed E-state index contributed by atoms with van der Waals surface area (Å²) < 4.78 is 32.1. The maximum absolute atomic E-state index is 10.8. The highest BCUT2D eigenvalue weighted by Gasteiger charge is 2.09. The van der Waals surface area contributed by atoms with Gasteiger partial charge in [-0.2, -0.15) is 8.42 Å². The molecule has 0 spiro atoms. The minimum Gasteiger partial charge on any atom is -0.321 e. The van der Waals surface area contributed by atoms with Crippen molar-refractivity contribution >= 4 is 22.4 Å². The first-order valence-electron chi connectivity index (χ1n) is 3.91. The van der Waals surface area contributed by atoms with Crippen molar-refractivity contribution in [2.24, 2.45) is 0 Å². The predicted octanol–water partition coefficient (Wildman–Crippen LogP) is 1.05. The number of hydrogen-bond donors (Lipinski definition) is 1. The van der Waals surface area contributed by atoms with Crippen molar-refractivity contribution in [2.75, 3.05) is 0 Å². The molecule has 0 unspecified atom stereocenters. The number of carbonyl (C=O) groups is 1. The smallest absolute Gasteiger partial charge is 0.321 e. The summed E-state index contributed by atoms with van der Waals surface area (Å²) in [4.78, 5) is 10.8. The predicted molar refractivity (Wildman–Crippen MR) is 53.1 cm³/mol. The van der Waals surface area contributed by atoms with E-state index in [0.717, 1.165) is 6.08 Å². The van der Waals surface area contributed by atoms with Crippen LogP contribution in [0.2, 0.25) is 0 Å². The van der Waals surface area contributed by atoms with Gasteiger partial charge in [0.05, 0.1) is 0 Å². The average Bonchev–Trinajstić information content (AvgIpc) is 2.14. The topological polar surface area (TPSA) is 80.7 Å². The van der Waals surface area contributed by atoms with Crippen LogP contribution in [0.4, 0.5) is 0 Å². The Kier molecular flexibility index (Phi) is 3.59. The molecular weight excluding hydrogens is 220 g/mol. The molecule has 0 aromatic heterocycles.